The number of hydroxylamine groups is 2. The summed E-state index contributed by atoms with van der Waals surface area (Å²) in [6.07, 6.45) is 6.76. The van der Waals surface area contributed by atoms with Gasteiger partial charge in [0.1, 0.15) is 11.4 Å². The van der Waals surface area contributed by atoms with E-state index in [1.807, 2.05) is 31.2 Å². The molecule has 0 N–H and O–H groups in total. The van der Waals surface area contributed by atoms with Crippen molar-refractivity contribution < 1.29 is 19.2 Å². The minimum atomic E-state index is -0.514. The summed E-state index contributed by atoms with van der Waals surface area (Å²) in [7, 11) is 8.07. The number of hydrogen-bond acceptors (Lipinski definition) is 8. The van der Waals surface area contributed by atoms with E-state index in [1.54, 1.807) is 65.2 Å². The van der Waals surface area contributed by atoms with Crippen molar-refractivity contribution in [3.63, 3.8) is 0 Å². The highest BCUT2D eigenvalue weighted by Crippen LogP contribution is 2.19. The van der Waals surface area contributed by atoms with Crippen molar-refractivity contribution in [1.82, 2.24) is 34.6 Å². The van der Waals surface area contributed by atoms with E-state index < -0.39 is 5.24 Å². The normalized spacial score (nSPS) is 9.76. The van der Waals surface area contributed by atoms with Crippen LogP contribution in [0, 0.1) is 0 Å². The molecule has 0 saturated carbocycles. The number of methoxy groups -OCH3 is 1. The predicted molar refractivity (Wildman–Crippen MR) is 147 cm³/mol. The molecule has 0 radical (unpaired) electrons. The summed E-state index contributed by atoms with van der Waals surface area (Å²) in [5.41, 5.74) is 3.95. The van der Waals surface area contributed by atoms with E-state index in [0.717, 1.165) is 22.8 Å². The number of ether oxygens (including phenoxy) is 1. The number of nitrogens with zero attached hydrogens (tertiary/aromatic N) is 7. The van der Waals surface area contributed by atoms with Crippen molar-refractivity contribution >= 4 is 35.2 Å². The lowest BCUT2D eigenvalue weighted by Gasteiger charge is -2.12. The third-order valence-corrected chi connectivity index (χ3v) is 5.14. The molecule has 4 aromatic heterocycles. The van der Waals surface area contributed by atoms with Crippen LogP contribution in [0.25, 0.3) is 22.5 Å². The highest BCUT2D eigenvalue weighted by Gasteiger charge is 2.18. The Kier molecular flexibility index (Phi) is 13.9. The van der Waals surface area contributed by atoms with E-state index in [1.165, 1.54) is 16.5 Å². The van der Waals surface area contributed by atoms with Gasteiger partial charge in [0.2, 0.25) is 0 Å². The van der Waals surface area contributed by atoms with Crippen LogP contribution in [0.3, 0.4) is 0 Å². The maximum Gasteiger partial charge on any atom is 0.295 e. The molecule has 0 aliphatic rings. The molecule has 0 bridgehead atoms. The lowest BCUT2D eigenvalue weighted by molar-refractivity contribution is -0.0763. The summed E-state index contributed by atoms with van der Waals surface area (Å²) in [6.45, 7) is 2.78. The Bertz CT molecular complexity index is 1280. The van der Waals surface area contributed by atoms with Crippen molar-refractivity contribution in [2.45, 2.75) is 6.92 Å². The van der Waals surface area contributed by atoms with Gasteiger partial charge in [0.05, 0.1) is 18.5 Å². The first-order valence-corrected chi connectivity index (χ1v) is 11.5. The summed E-state index contributed by atoms with van der Waals surface area (Å²) in [5.74, 6) is -0.248. The number of pyridine rings is 2. The van der Waals surface area contributed by atoms with E-state index in [9.17, 15) is 9.59 Å². The Morgan fingerprint density at radius 3 is 1.71 bits per heavy atom. The molecule has 4 aromatic rings. The van der Waals surface area contributed by atoms with Crippen molar-refractivity contribution in [3.05, 3.63) is 72.6 Å². The molecule has 1 amide bonds. The minimum Gasteiger partial charge on any atom is -0.385 e. The number of rotatable bonds is 6. The van der Waals surface area contributed by atoms with Gasteiger partial charge in [-0.15, -0.1) is 12.4 Å². The second-order valence-electron chi connectivity index (χ2n) is 7.40. The Labute approximate surface area is 232 Å². The zero-order valence-electron chi connectivity index (χ0n) is 22.0. The molecule has 0 saturated heterocycles. The van der Waals surface area contributed by atoms with Gasteiger partial charge in [-0.1, -0.05) is 0 Å². The number of aromatic nitrogens is 6. The van der Waals surface area contributed by atoms with Crippen molar-refractivity contribution in [2.24, 2.45) is 14.1 Å². The summed E-state index contributed by atoms with van der Waals surface area (Å²) in [6, 6.07) is 10.8. The molecule has 11 nitrogen and oxygen atoms in total. The number of carbonyl (C=O) groups is 2. The first kappa shape index (κ1) is 32.4. The minimum absolute atomic E-state index is 0. The molecule has 0 spiro atoms. The quantitative estimate of drug-likeness (QED) is 0.254. The average molecular weight is 564 g/mol. The summed E-state index contributed by atoms with van der Waals surface area (Å²) in [4.78, 5) is 35.8. The fraction of sp³-hybridized carbons (Fsp3) is 0.280. The fourth-order valence-electron chi connectivity index (χ4n) is 2.87. The summed E-state index contributed by atoms with van der Waals surface area (Å²) in [5, 5.41) is 9.11. The zero-order chi connectivity index (χ0) is 27.4. The number of amides is 1. The van der Waals surface area contributed by atoms with Crippen LogP contribution < -0.4 is 0 Å². The van der Waals surface area contributed by atoms with Crippen molar-refractivity contribution in [2.75, 3.05) is 27.9 Å². The summed E-state index contributed by atoms with van der Waals surface area (Å²) < 4.78 is 7.53. The Morgan fingerprint density at radius 1 is 0.921 bits per heavy atom. The number of aryl methyl sites for hydroxylation is 2. The van der Waals surface area contributed by atoms with Crippen LogP contribution >= 0.6 is 24.0 Å². The van der Waals surface area contributed by atoms with Crippen LogP contribution in [0.2, 0.25) is 0 Å². The molecule has 0 aromatic carbocycles. The molecule has 4 rings (SSSR count). The van der Waals surface area contributed by atoms with Gasteiger partial charge in [0.15, 0.2) is 0 Å². The van der Waals surface area contributed by atoms with Gasteiger partial charge in [-0.25, -0.2) is 5.06 Å². The van der Waals surface area contributed by atoms with Gasteiger partial charge in [-0.3, -0.25) is 33.8 Å². The van der Waals surface area contributed by atoms with E-state index in [2.05, 4.69) is 24.9 Å². The molecule has 0 aliphatic heterocycles. The maximum atomic E-state index is 12.0. The molecular formula is C25H31Cl2N7O4. The molecule has 0 aliphatic carbocycles. The smallest absolute Gasteiger partial charge is 0.295 e. The van der Waals surface area contributed by atoms with E-state index in [0.29, 0.717) is 22.8 Å². The Hall–Kier alpha value is -3.64. The molecule has 204 valence electrons. The first-order chi connectivity index (χ1) is 17.7. The van der Waals surface area contributed by atoms with Gasteiger partial charge in [-0.05, 0) is 54.9 Å². The lowest BCUT2D eigenvalue weighted by Crippen LogP contribution is -2.27. The van der Waals surface area contributed by atoms with E-state index >= 15 is 0 Å². The van der Waals surface area contributed by atoms with Gasteiger partial charge >= 0.3 is 0 Å². The Balaban J connectivity index is 0.000000329. The van der Waals surface area contributed by atoms with Gasteiger partial charge in [0.25, 0.3) is 11.1 Å². The fourth-order valence-corrected chi connectivity index (χ4v) is 3.05. The van der Waals surface area contributed by atoms with Crippen LogP contribution in [-0.2, 0) is 23.7 Å². The second-order valence-corrected chi connectivity index (χ2v) is 7.74. The van der Waals surface area contributed by atoms with Crippen LogP contribution in [0.1, 0.15) is 27.9 Å². The first-order valence-electron chi connectivity index (χ1n) is 11.1. The number of hydrogen-bond donors (Lipinski definition) is 0. The standard InChI is InChI=1S/C12H14N4O2.C10H8ClN3O.C3H8O.ClH/c1-15-11(12(17)16(2)18-3)7-10(14-15)9-5-4-6-13-8-9;1-14-9(10(11)15)5-8(13-14)7-3-2-4-12-6-7;1-3-4-2;/h4-8H,1-3H3;2-6H,1H3;3H2,1-2H3;1H. The lowest BCUT2D eigenvalue weighted by atomic mass is 10.2. The highest BCUT2D eigenvalue weighted by atomic mass is 35.5. The third-order valence-electron chi connectivity index (χ3n) is 4.94. The largest absolute Gasteiger partial charge is 0.385 e. The van der Waals surface area contributed by atoms with Gasteiger partial charge < -0.3 is 4.74 Å². The zero-order valence-corrected chi connectivity index (χ0v) is 23.6. The van der Waals surface area contributed by atoms with E-state index in [-0.39, 0.29) is 18.3 Å². The van der Waals surface area contributed by atoms with Crippen LogP contribution in [0.4, 0.5) is 0 Å². The SMILES string of the molecule is CCOC.CON(C)C(=O)c1cc(-c2cccnc2)nn1C.Cl.Cn1nc(-c2cccnc2)cc1C(=O)Cl. The predicted octanol–water partition coefficient (Wildman–Crippen LogP) is 4.05. The monoisotopic (exact) mass is 563 g/mol. The van der Waals surface area contributed by atoms with E-state index in [4.69, 9.17) is 16.4 Å². The van der Waals surface area contributed by atoms with Crippen LogP contribution in [0.5, 0.6) is 0 Å². The number of halogens is 2. The third kappa shape index (κ3) is 9.03. The molecule has 0 fully saturated rings. The van der Waals surface area contributed by atoms with Crippen LogP contribution in [0.15, 0.2) is 61.2 Å². The number of carbonyl (C=O) groups excluding carboxylic acids is 2. The topological polar surface area (TPSA) is 117 Å². The van der Waals surface area contributed by atoms with Crippen molar-refractivity contribution in [3.8, 4) is 22.5 Å². The molecule has 4 heterocycles. The second kappa shape index (κ2) is 16.3. The molecule has 38 heavy (non-hydrogen) atoms. The maximum absolute atomic E-state index is 12.0. The molecule has 13 heteroatoms. The average Bonchev–Trinajstić information content (AvgIpc) is 3.52. The summed E-state index contributed by atoms with van der Waals surface area (Å²) >= 11 is 5.39. The van der Waals surface area contributed by atoms with Crippen LogP contribution in [-0.4, -0.2) is 73.6 Å². The highest BCUT2D eigenvalue weighted by molar-refractivity contribution is 6.67. The molecular weight excluding hydrogens is 533 g/mol. The van der Waals surface area contributed by atoms with Gasteiger partial charge in [0, 0.05) is 70.8 Å². The Morgan fingerprint density at radius 2 is 1.37 bits per heavy atom. The molecule has 0 unspecified atom stereocenters. The van der Waals surface area contributed by atoms with Gasteiger partial charge in [-0.2, -0.15) is 10.2 Å². The van der Waals surface area contributed by atoms with Crippen molar-refractivity contribution in [1.29, 1.82) is 0 Å². The molecule has 0 atom stereocenters.